The number of carbonyl (C=O) groups is 2. The van der Waals surface area contributed by atoms with Crippen LogP contribution >= 0.6 is 22.9 Å². The summed E-state index contributed by atoms with van der Waals surface area (Å²) in [6.45, 7) is 1.25. The number of thiazole rings is 1. The maximum absolute atomic E-state index is 12.6. The highest BCUT2D eigenvalue weighted by Gasteiger charge is 2.26. The standard InChI is InChI=1S/C23H24ClN3O4S/c1-30-18-5-3-15(11-19(18)31-2)22(29)25-13-21(28)27-9-7-14(8-10-27)23-26-17-12-16(24)4-6-20(17)32-23/h3-6,11-12,14H,7-10,13H2,1-2H3,(H,25,29). The SMILES string of the molecule is COc1ccc(C(=O)NCC(=O)N2CCC(c3nc4cc(Cl)ccc4s3)CC2)cc1OC. The molecule has 4 rings (SSSR count). The molecular weight excluding hydrogens is 450 g/mol. The summed E-state index contributed by atoms with van der Waals surface area (Å²) in [5.74, 6) is 0.914. The number of ether oxygens (including phenoxy) is 2. The molecule has 1 N–H and O–H groups in total. The average Bonchev–Trinajstić information content (AvgIpc) is 3.25. The Bertz CT molecular complexity index is 1140. The molecule has 1 aliphatic rings. The Kier molecular flexibility index (Phi) is 6.81. The number of methoxy groups -OCH3 is 2. The number of carbonyl (C=O) groups excluding carboxylic acids is 2. The van der Waals surface area contributed by atoms with Crippen molar-refractivity contribution in [2.24, 2.45) is 0 Å². The molecule has 1 saturated heterocycles. The molecule has 2 amide bonds. The van der Waals surface area contributed by atoms with E-state index in [4.69, 9.17) is 26.1 Å². The Hall–Kier alpha value is -2.84. The minimum Gasteiger partial charge on any atom is -0.493 e. The fourth-order valence-electron chi connectivity index (χ4n) is 3.82. The summed E-state index contributed by atoms with van der Waals surface area (Å²) in [6.07, 6.45) is 1.70. The molecule has 0 atom stereocenters. The summed E-state index contributed by atoms with van der Waals surface area (Å²) in [5.41, 5.74) is 1.33. The lowest BCUT2D eigenvalue weighted by atomic mass is 9.97. The van der Waals surface area contributed by atoms with Crippen molar-refractivity contribution >= 4 is 45.0 Å². The highest BCUT2D eigenvalue weighted by atomic mass is 35.5. The van der Waals surface area contributed by atoms with Gasteiger partial charge in [-0.1, -0.05) is 11.6 Å². The van der Waals surface area contributed by atoms with Crippen molar-refractivity contribution < 1.29 is 19.1 Å². The number of piperidine rings is 1. The summed E-state index contributed by atoms with van der Waals surface area (Å²) in [4.78, 5) is 31.6. The lowest BCUT2D eigenvalue weighted by molar-refractivity contribution is -0.131. The predicted molar refractivity (Wildman–Crippen MR) is 125 cm³/mol. The molecule has 2 aromatic carbocycles. The molecule has 3 aromatic rings. The number of aromatic nitrogens is 1. The Morgan fingerprint density at radius 2 is 1.88 bits per heavy atom. The van der Waals surface area contributed by atoms with Gasteiger partial charge in [-0.3, -0.25) is 9.59 Å². The van der Waals surface area contributed by atoms with Crippen molar-refractivity contribution in [2.75, 3.05) is 33.9 Å². The van der Waals surface area contributed by atoms with Gasteiger partial charge in [-0.2, -0.15) is 0 Å². The second-order valence-corrected chi connectivity index (χ2v) is 9.07. The second-order valence-electron chi connectivity index (χ2n) is 7.57. The minimum atomic E-state index is -0.331. The monoisotopic (exact) mass is 473 g/mol. The van der Waals surface area contributed by atoms with Crippen molar-refractivity contribution in [2.45, 2.75) is 18.8 Å². The minimum absolute atomic E-state index is 0.0442. The van der Waals surface area contributed by atoms with E-state index in [-0.39, 0.29) is 18.4 Å². The number of hydrogen-bond acceptors (Lipinski definition) is 6. The van der Waals surface area contributed by atoms with Crippen molar-refractivity contribution in [3.8, 4) is 11.5 Å². The highest BCUT2D eigenvalue weighted by Crippen LogP contribution is 2.34. The predicted octanol–water partition coefficient (Wildman–Crippen LogP) is 4.10. The summed E-state index contributed by atoms with van der Waals surface area (Å²) in [7, 11) is 3.04. The number of hydrogen-bond donors (Lipinski definition) is 1. The molecule has 1 aliphatic heterocycles. The van der Waals surface area contributed by atoms with Crippen LogP contribution in [0, 0.1) is 0 Å². The van der Waals surface area contributed by atoms with Gasteiger partial charge in [0.25, 0.3) is 5.91 Å². The Balaban J connectivity index is 1.30. The molecule has 0 saturated carbocycles. The molecule has 1 fully saturated rings. The molecule has 0 spiro atoms. The highest BCUT2D eigenvalue weighted by molar-refractivity contribution is 7.18. The molecule has 7 nitrogen and oxygen atoms in total. The first-order valence-electron chi connectivity index (χ1n) is 10.3. The molecule has 1 aromatic heterocycles. The van der Waals surface area contributed by atoms with Gasteiger partial charge in [0, 0.05) is 29.6 Å². The first kappa shape index (κ1) is 22.4. The summed E-state index contributed by atoms with van der Waals surface area (Å²) in [5, 5.41) is 4.48. The fourth-order valence-corrected chi connectivity index (χ4v) is 5.10. The third-order valence-corrected chi connectivity index (χ3v) is 7.04. The van der Waals surface area contributed by atoms with Crippen LogP contribution in [0.3, 0.4) is 0 Å². The zero-order chi connectivity index (χ0) is 22.7. The van der Waals surface area contributed by atoms with Crippen molar-refractivity contribution in [1.82, 2.24) is 15.2 Å². The van der Waals surface area contributed by atoms with E-state index in [1.165, 1.54) is 14.2 Å². The van der Waals surface area contributed by atoms with Gasteiger partial charge >= 0.3 is 0 Å². The maximum atomic E-state index is 12.6. The first-order valence-corrected chi connectivity index (χ1v) is 11.5. The largest absolute Gasteiger partial charge is 0.493 e. The molecule has 32 heavy (non-hydrogen) atoms. The van der Waals surface area contributed by atoms with Crippen LogP contribution < -0.4 is 14.8 Å². The number of nitrogens with zero attached hydrogens (tertiary/aromatic N) is 2. The third kappa shape index (κ3) is 4.81. The van der Waals surface area contributed by atoms with Gasteiger partial charge in [-0.25, -0.2) is 4.98 Å². The topological polar surface area (TPSA) is 80.8 Å². The van der Waals surface area contributed by atoms with Gasteiger partial charge in [-0.15, -0.1) is 11.3 Å². The van der Waals surface area contributed by atoms with Gasteiger partial charge in [0.15, 0.2) is 11.5 Å². The summed E-state index contributed by atoms with van der Waals surface area (Å²) >= 11 is 7.76. The van der Waals surface area contributed by atoms with Gasteiger partial charge in [0.2, 0.25) is 5.91 Å². The molecule has 0 radical (unpaired) electrons. The number of amides is 2. The number of benzene rings is 2. The summed E-state index contributed by atoms with van der Waals surface area (Å²) in [6, 6.07) is 10.7. The quantitative estimate of drug-likeness (QED) is 0.583. The molecule has 0 unspecified atom stereocenters. The van der Waals surface area contributed by atoms with Crippen molar-refractivity contribution in [3.05, 3.63) is 52.0 Å². The molecule has 2 heterocycles. The zero-order valence-electron chi connectivity index (χ0n) is 17.9. The van der Waals surface area contributed by atoms with E-state index in [1.807, 2.05) is 18.2 Å². The van der Waals surface area contributed by atoms with Crippen LogP contribution in [0.2, 0.25) is 5.02 Å². The molecule has 9 heteroatoms. The molecular formula is C23H24ClN3O4S. The fraction of sp³-hybridized carbons (Fsp3) is 0.348. The zero-order valence-corrected chi connectivity index (χ0v) is 19.5. The number of fused-ring (bicyclic) bond motifs is 1. The lowest BCUT2D eigenvalue weighted by Gasteiger charge is -2.31. The molecule has 168 valence electrons. The van der Waals surface area contributed by atoms with E-state index in [1.54, 1.807) is 34.4 Å². The molecule has 0 bridgehead atoms. The van der Waals surface area contributed by atoms with E-state index in [2.05, 4.69) is 5.32 Å². The van der Waals surface area contributed by atoms with Crippen LogP contribution in [0.15, 0.2) is 36.4 Å². The Morgan fingerprint density at radius 1 is 1.12 bits per heavy atom. The number of rotatable bonds is 6. The van der Waals surface area contributed by atoms with Crippen LogP contribution in [0.25, 0.3) is 10.2 Å². The van der Waals surface area contributed by atoms with E-state index in [0.717, 1.165) is 28.1 Å². The lowest BCUT2D eigenvalue weighted by Crippen LogP contribution is -2.43. The van der Waals surface area contributed by atoms with Gasteiger partial charge in [-0.05, 0) is 49.2 Å². The number of halogens is 1. The van der Waals surface area contributed by atoms with Crippen LogP contribution in [-0.2, 0) is 4.79 Å². The van der Waals surface area contributed by atoms with Crippen LogP contribution in [-0.4, -0.2) is 55.6 Å². The van der Waals surface area contributed by atoms with Gasteiger partial charge in [0.1, 0.15) is 0 Å². The maximum Gasteiger partial charge on any atom is 0.251 e. The van der Waals surface area contributed by atoms with Crippen molar-refractivity contribution in [1.29, 1.82) is 0 Å². The normalized spacial score (nSPS) is 14.4. The second kappa shape index (κ2) is 9.75. The Morgan fingerprint density at radius 3 is 2.59 bits per heavy atom. The van der Waals surface area contributed by atoms with E-state index >= 15 is 0 Å². The average molecular weight is 474 g/mol. The first-order chi connectivity index (χ1) is 15.5. The number of nitrogens with one attached hydrogen (secondary N) is 1. The molecule has 0 aliphatic carbocycles. The van der Waals surface area contributed by atoms with E-state index in [9.17, 15) is 9.59 Å². The van der Waals surface area contributed by atoms with Crippen LogP contribution in [0.5, 0.6) is 11.5 Å². The Labute approximate surface area is 195 Å². The number of likely N-dealkylation sites (tertiary alicyclic amines) is 1. The van der Waals surface area contributed by atoms with Crippen LogP contribution in [0.1, 0.15) is 34.1 Å². The van der Waals surface area contributed by atoms with E-state index in [0.29, 0.717) is 41.1 Å². The smallest absolute Gasteiger partial charge is 0.251 e. The third-order valence-electron chi connectivity index (χ3n) is 5.61. The summed E-state index contributed by atoms with van der Waals surface area (Å²) < 4.78 is 11.5. The van der Waals surface area contributed by atoms with Gasteiger partial charge in [0.05, 0.1) is 36.0 Å². The van der Waals surface area contributed by atoms with E-state index < -0.39 is 0 Å². The van der Waals surface area contributed by atoms with Gasteiger partial charge < -0.3 is 19.7 Å². The van der Waals surface area contributed by atoms with Crippen LogP contribution in [0.4, 0.5) is 0 Å². The van der Waals surface area contributed by atoms with Crippen molar-refractivity contribution in [3.63, 3.8) is 0 Å².